The van der Waals surface area contributed by atoms with Crippen molar-refractivity contribution in [3.63, 3.8) is 0 Å². The van der Waals surface area contributed by atoms with E-state index in [1.807, 2.05) is 0 Å². The maximum absolute atomic E-state index is 11.3. The molecule has 0 spiro atoms. The Balaban J connectivity index is -0.000000295. The molecule has 0 amide bonds. The summed E-state index contributed by atoms with van der Waals surface area (Å²) in [4.78, 5) is 19.8. The smallest absolute Gasteiger partial charge is 0.869 e. The molecule has 11 heteroatoms. The first-order valence-electron chi connectivity index (χ1n) is 4.61. The van der Waals surface area contributed by atoms with Gasteiger partial charge < -0.3 is 10.2 Å². The van der Waals surface area contributed by atoms with Crippen molar-refractivity contribution in [3.05, 3.63) is 23.7 Å². The molecule has 0 atom stereocenters. The van der Waals surface area contributed by atoms with E-state index in [2.05, 4.69) is 0 Å². The Labute approximate surface area is 125 Å². The molecule has 0 aliphatic rings. The first kappa shape index (κ1) is 24.5. The summed E-state index contributed by atoms with van der Waals surface area (Å²) < 4.78 is 67.7. The minimum Gasteiger partial charge on any atom is -0.869 e. The van der Waals surface area contributed by atoms with Gasteiger partial charge in [0, 0.05) is 0 Å². The molecule has 0 aliphatic carbocycles. The second-order valence-corrected chi connectivity index (χ2v) is 3.23. The van der Waals surface area contributed by atoms with Gasteiger partial charge in [-0.2, -0.15) is 26.3 Å². The predicted octanol–water partition coefficient (Wildman–Crippen LogP) is 0.761. The van der Waals surface area contributed by atoms with Gasteiger partial charge in [-0.15, -0.1) is 0 Å². The average molecular weight is 365 g/mol. The number of hydrogen-bond acceptors (Lipinski definition) is 4. The maximum atomic E-state index is 11.3. The third-order valence-electron chi connectivity index (χ3n) is 1.23. The van der Waals surface area contributed by atoms with E-state index in [9.17, 15) is 46.1 Å². The second-order valence-electron chi connectivity index (χ2n) is 3.23. The van der Waals surface area contributed by atoms with E-state index < -0.39 is 35.4 Å². The Morgan fingerprint density at radius 2 is 0.952 bits per heavy atom. The van der Waals surface area contributed by atoms with Crippen LogP contribution >= 0.6 is 0 Å². The summed E-state index contributed by atoms with van der Waals surface area (Å²) >= 11 is 0. The molecule has 123 valence electrons. The number of carbonyl (C=O) groups excluding carboxylic acids is 2. The summed E-state index contributed by atoms with van der Waals surface area (Å²) in [6, 6.07) is 0. The fraction of sp³-hybridized carbons (Fsp3) is 0.400. The monoisotopic (exact) mass is 365 g/mol. The van der Waals surface area contributed by atoms with Crippen LogP contribution in [0.2, 0.25) is 0 Å². The normalized spacial score (nSPS) is 12.8. The van der Waals surface area contributed by atoms with Crippen molar-refractivity contribution < 1.29 is 62.9 Å². The standard InChI is InChI=1S/2C5H5F3O2.Co/c2*1-3(9)2-4(10)5(6,7)8;/h2*2,10H,1H3;/q;;+2/p-2/b2*4-2-;. The number of hydrogen-bond donors (Lipinski definition) is 0. The van der Waals surface area contributed by atoms with Gasteiger partial charge in [-0.25, -0.2) is 0 Å². The van der Waals surface area contributed by atoms with E-state index in [1.54, 1.807) is 0 Å². The molecular formula is C10H8CoF6O4. The predicted molar refractivity (Wildman–Crippen MR) is 49.6 cm³/mol. The number of allylic oxidation sites excluding steroid dienone is 4. The van der Waals surface area contributed by atoms with E-state index >= 15 is 0 Å². The van der Waals surface area contributed by atoms with E-state index in [4.69, 9.17) is 0 Å². The minimum atomic E-state index is -4.92. The summed E-state index contributed by atoms with van der Waals surface area (Å²) in [6.07, 6.45) is -9.82. The number of halogens is 6. The summed E-state index contributed by atoms with van der Waals surface area (Å²) in [5.74, 6) is -6.02. The number of rotatable bonds is 2. The third-order valence-corrected chi connectivity index (χ3v) is 1.23. The second kappa shape index (κ2) is 9.44. The Hall–Kier alpha value is -1.49. The molecule has 0 fully saturated rings. The number of alkyl halides is 6. The van der Waals surface area contributed by atoms with E-state index in [1.165, 1.54) is 0 Å². The molecular weight excluding hydrogens is 357 g/mol. The molecule has 0 saturated carbocycles. The molecule has 0 heterocycles. The first-order chi connectivity index (χ1) is 8.67. The van der Waals surface area contributed by atoms with E-state index in [0.29, 0.717) is 0 Å². The van der Waals surface area contributed by atoms with Crippen LogP contribution in [0.3, 0.4) is 0 Å². The molecule has 4 nitrogen and oxygen atoms in total. The van der Waals surface area contributed by atoms with Gasteiger partial charge in [0.2, 0.25) is 0 Å². The van der Waals surface area contributed by atoms with Crippen LogP contribution in [-0.2, 0) is 26.4 Å². The van der Waals surface area contributed by atoms with Crippen molar-refractivity contribution in [2.24, 2.45) is 0 Å². The molecule has 0 bridgehead atoms. The van der Waals surface area contributed by atoms with E-state index in [0.717, 1.165) is 13.8 Å². The zero-order valence-electron chi connectivity index (χ0n) is 10.4. The SMILES string of the molecule is CC(=O)/C=C(\[O-])C(F)(F)F.CC(=O)/C=C(\[O-])C(F)(F)F.[Co+2]. The Morgan fingerprint density at radius 1 is 0.762 bits per heavy atom. The Morgan fingerprint density at radius 3 is 1.00 bits per heavy atom. The van der Waals surface area contributed by atoms with Crippen molar-refractivity contribution in [1.29, 1.82) is 0 Å². The van der Waals surface area contributed by atoms with Crippen LogP contribution in [0.1, 0.15) is 13.8 Å². The minimum absolute atomic E-state index is 0. The fourth-order valence-electron chi connectivity index (χ4n) is 0.533. The van der Waals surface area contributed by atoms with Crippen LogP contribution in [0.25, 0.3) is 0 Å². The summed E-state index contributed by atoms with van der Waals surface area (Å²) in [5, 5.41) is 19.7. The van der Waals surface area contributed by atoms with E-state index in [-0.39, 0.29) is 28.9 Å². The van der Waals surface area contributed by atoms with Gasteiger partial charge >= 0.3 is 29.1 Å². The fourth-order valence-corrected chi connectivity index (χ4v) is 0.533. The van der Waals surface area contributed by atoms with Crippen LogP contribution in [0.5, 0.6) is 0 Å². The molecule has 0 aromatic heterocycles. The quantitative estimate of drug-likeness (QED) is 0.411. The van der Waals surface area contributed by atoms with Gasteiger partial charge in [-0.1, -0.05) is 0 Å². The summed E-state index contributed by atoms with van der Waals surface area (Å²) in [7, 11) is 0. The molecule has 0 saturated heterocycles. The molecule has 0 aromatic rings. The first-order valence-corrected chi connectivity index (χ1v) is 4.61. The number of ketones is 2. The summed E-state index contributed by atoms with van der Waals surface area (Å²) in [5.41, 5.74) is 0. The molecule has 0 unspecified atom stereocenters. The van der Waals surface area contributed by atoms with Crippen LogP contribution in [0.4, 0.5) is 26.3 Å². The molecule has 0 aromatic carbocycles. The number of carbonyl (C=O) groups is 2. The van der Waals surface area contributed by atoms with Crippen molar-refractivity contribution >= 4 is 11.6 Å². The molecule has 21 heavy (non-hydrogen) atoms. The molecule has 0 rings (SSSR count). The van der Waals surface area contributed by atoms with Gasteiger partial charge in [0.05, 0.1) is 0 Å². The Bertz CT molecular complexity index is 382. The van der Waals surface area contributed by atoms with Crippen LogP contribution in [-0.4, -0.2) is 23.9 Å². The Kier molecular flexibility index (Phi) is 11.0. The van der Waals surface area contributed by atoms with Gasteiger partial charge in [0.1, 0.15) is 0 Å². The molecule has 0 aliphatic heterocycles. The molecule has 1 radical (unpaired) electrons. The maximum Gasteiger partial charge on any atom is 2.00 e. The zero-order valence-corrected chi connectivity index (χ0v) is 11.4. The zero-order chi connectivity index (χ0) is 16.7. The van der Waals surface area contributed by atoms with Crippen molar-refractivity contribution in [3.8, 4) is 0 Å². The molecule has 0 N–H and O–H groups in total. The topological polar surface area (TPSA) is 80.3 Å². The third kappa shape index (κ3) is 14.7. The van der Waals surface area contributed by atoms with Gasteiger partial charge in [-0.05, 0) is 37.5 Å². The summed E-state index contributed by atoms with van der Waals surface area (Å²) in [6.45, 7) is 1.76. The average Bonchev–Trinajstić information content (AvgIpc) is 2.13. The van der Waals surface area contributed by atoms with Crippen molar-refractivity contribution in [2.45, 2.75) is 26.2 Å². The van der Waals surface area contributed by atoms with Crippen LogP contribution in [0, 0.1) is 0 Å². The van der Waals surface area contributed by atoms with Gasteiger partial charge in [0.15, 0.2) is 11.6 Å². The van der Waals surface area contributed by atoms with Crippen LogP contribution < -0.4 is 10.2 Å². The van der Waals surface area contributed by atoms with Crippen molar-refractivity contribution in [2.75, 3.05) is 0 Å². The van der Waals surface area contributed by atoms with Gasteiger partial charge in [0.25, 0.3) is 0 Å². The largest absolute Gasteiger partial charge is 2.00 e. The van der Waals surface area contributed by atoms with Gasteiger partial charge in [-0.3, -0.25) is 9.59 Å². The van der Waals surface area contributed by atoms with Crippen LogP contribution in [0.15, 0.2) is 23.7 Å². The van der Waals surface area contributed by atoms with Crippen molar-refractivity contribution in [1.82, 2.24) is 0 Å².